The summed E-state index contributed by atoms with van der Waals surface area (Å²) in [7, 11) is 0. The average molecular weight is 315 g/mol. The standard InChI is InChI=1S/C17H21N3O3/c21-17(22)12-3-4-14-15(9-12)20(10-13-5-8-23-13)16(18-14)11-19-6-1-2-7-19/h3-4,9,13H,1-2,5-8,10-11H2,(H,21,22)/t13-/m0/s1. The predicted octanol–water partition coefficient (Wildman–Crippen LogP) is 2.12. The third kappa shape index (κ3) is 2.84. The van der Waals surface area contributed by atoms with E-state index in [9.17, 15) is 9.90 Å². The van der Waals surface area contributed by atoms with Crippen LogP contribution in [0.25, 0.3) is 11.0 Å². The van der Waals surface area contributed by atoms with Crippen LogP contribution >= 0.6 is 0 Å². The van der Waals surface area contributed by atoms with E-state index in [1.807, 2.05) is 6.07 Å². The molecule has 1 atom stereocenters. The van der Waals surface area contributed by atoms with E-state index in [-0.39, 0.29) is 6.10 Å². The van der Waals surface area contributed by atoms with Gasteiger partial charge in [-0.3, -0.25) is 4.90 Å². The lowest BCUT2D eigenvalue weighted by Crippen LogP contribution is -2.32. The van der Waals surface area contributed by atoms with Crippen LogP contribution in [0.15, 0.2) is 18.2 Å². The molecule has 0 bridgehead atoms. The van der Waals surface area contributed by atoms with Crippen molar-refractivity contribution >= 4 is 17.0 Å². The lowest BCUT2D eigenvalue weighted by atomic mass is 10.1. The third-order valence-corrected chi connectivity index (χ3v) is 4.82. The zero-order valence-corrected chi connectivity index (χ0v) is 13.1. The SMILES string of the molecule is O=C(O)c1ccc2nc(CN3CCCC3)n(C[C@@H]3CCO3)c2c1. The van der Waals surface area contributed by atoms with Crippen molar-refractivity contribution in [3.05, 3.63) is 29.6 Å². The van der Waals surface area contributed by atoms with E-state index >= 15 is 0 Å². The van der Waals surface area contributed by atoms with Gasteiger partial charge in [0.05, 0.1) is 35.8 Å². The molecular formula is C17H21N3O3. The Kier molecular flexibility index (Phi) is 3.79. The fraction of sp³-hybridized carbons (Fsp3) is 0.529. The quantitative estimate of drug-likeness (QED) is 0.915. The summed E-state index contributed by atoms with van der Waals surface area (Å²) in [4.78, 5) is 18.4. The van der Waals surface area contributed by atoms with Gasteiger partial charge in [-0.15, -0.1) is 0 Å². The molecule has 3 heterocycles. The largest absolute Gasteiger partial charge is 0.478 e. The summed E-state index contributed by atoms with van der Waals surface area (Å²) in [6.45, 7) is 4.62. The maximum atomic E-state index is 11.3. The number of hydrogen-bond donors (Lipinski definition) is 1. The number of carbonyl (C=O) groups is 1. The highest BCUT2D eigenvalue weighted by molar-refractivity contribution is 5.92. The van der Waals surface area contributed by atoms with Crippen molar-refractivity contribution in [1.29, 1.82) is 0 Å². The number of aromatic carboxylic acids is 1. The molecule has 1 aromatic heterocycles. The van der Waals surface area contributed by atoms with Gasteiger partial charge < -0.3 is 14.4 Å². The number of hydrogen-bond acceptors (Lipinski definition) is 4. The van der Waals surface area contributed by atoms with Crippen molar-refractivity contribution in [2.45, 2.75) is 38.5 Å². The summed E-state index contributed by atoms with van der Waals surface area (Å²) in [5.41, 5.74) is 2.07. The van der Waals surface area contributed by atoms with Gasteiger partial charge in [0.2, 0.25) is 0 Å². The number of benzene rings is 1. The van der Waals surface area contributed by atoms with Gasteiger partial charge in [0, 0.05) is 6.61 Å². The van der Waals surface area contributed by atoms with Crippen LogP contribution in [-0.2, 0) is 17.8 Å². The van der Waals surface area contributed by atoms with Gasteiger partial charge in [0.15, 0.2) is 0 Å². The van der Waals surface area contributed by atoms with Crippen LogP contribution in [0, 0.1) is 0 Å². The number of rotatable bonds is 5. The number of fused-ring (bicyclic) bond motifs is 1. The molecule has 1 aromatic carbocycles. The van der Waals surface area contributed by atoms with Crippen LogP contribution in [0.5, 0.6) is 0 Å². The monoisotopic (exact) mass is 315 g/mol. The molecule has 0 radical (unpaired) electrons. The highest BCUT2D eigenvalue weighted by Gasteiger charge is 2.23. The van der Waals surface area contributed by atoms with Gasteiger partial charge in [0.25, 0.3) is 0 Å². The van der Waals surface area contributed by atoms with Crippen molar-refractivity contribution in [2.24, 2.45) is 0 Å². The molecule has 0 unspecified atom stereocenters. The first kappa shape index (κ1) is 14.7. The second kappa shape index (κ2) is 5.94. The second-order valence-electron chi connectivity index (χ2n) is 6.41. The van der Waals surface area contributed by atoms with Crippen LogP contribution in [0.3, 0.4) is 0 Å². The molecule has 23 heavy (non-hydrogen) atoms. The number of carboxylic acid groups (broad SMARTS) is 1. The molecule has 2 saturated heterocycles. The molecule has 0 saturated carbocycles. The molecule has 2 fully saturated rings. The number of carboxylic acids is 1. The summed E-state index contributed by atoms with van der Waals surface area (Å²) in [5, 5.41) is 9.25. The van der Waals surface area contributed by atoms with Crippen LogP contribution in [0.2, 0.25) is 0 Å². The lowest BCUT2D eigenvalue weighted by molar-refractivity contribution is -0.0591. The van der Waals surface area contributed by atoms with Crippen LogP contribution in [-0.4, -0.2) is 51.3 Å². The van der Waals surface area contributed by atoms with Crippen molar-refractivity contribution < 1.29 is 14.6 Å². The topological polar surface area (TPSA) is 67.6 Å². The highest BCUT2D eigenvalue weighted by atomic mass is 16.5. The minimum absolute atomic E-state index is 0.221. The molecule has 6 nitrogen and oxygen atoms in total. The number of nitrogens with zero attached hydrogens (tertiary/aromatic N) is 3. The number of ether oxygens (including phenoxy) is 1. The van der Waals surface area contributed by atoms with E-state index < -0.39 is 5.97 Å². The molecule has 0 aliphatic carbocycles. The summed E-state index contributed by atoms with van der Waals surface area (Å²) >= 11 is 0. The lowest BCUT2D eigenvalue weighted by Gasteiger charge is -2.28. The van der Waals surface area contributed by atoms with E-state index in [2.05, 4.69) is 9.47 Å². The number of imidazole rings is 1. The van der Waals surface area contributed by atoms with E-state index in [1.54, 1.807) is 12.1 Å². The Hall–Kier alpha value is -1.92. The van der Waals surface area contributed by atoms with E-state index in [1.165, 1.54) is 12.8 Å². The van der Waals surface area contributed by atoms with Crippen LogP contribution in [0.4, 0.5) is 0 Å². The first-order chi connectivity index (χ1) is 11.2. The Bertz CT molecular complexity index is 730. The molecule has 0 amide bonds. The van der Waals surface area contributed by atoms with Gasteiger partial charge in [0.1, 0.15) is 5.82 Å². The smallest absolute Gasteiger partial charge is 0.335 e. The molecule has 122 valence electrons. The Balaban J connectivity index is 1.72. The number of likely N-dealkylation sites (tertiary alicyclic amines) is 1. The first-order valence-electron chi connectivity index (χ1n) is 8.27. The fourth-order valence-electron chi connectivity index (χ4n) is 3.40. The van der Waals surface area contributed by atoms with Gasteiger partial charge >= 0.3 is 5.97 Å². The maximum absolute atomic E-state index is 11.3. The summed E-state index contributed by atoms with van der Waals surface area (Å²) in [6, 6.07) is 5.17. The Morgan fingerprint density at radius 3 is 2.78 bits per heavy atom. The summed E-state index contributed by atoms with van der Waals surface area (Å²) in [6.07, 6.45) is 3.77. The second-order valence-corrected chi connectivity index (χ2v) is 6.41. The van der Waals surface area contributed by atoms with E-state index in [4.69, 9.17) is 9.72 Å². The summed E-state index contributed by atoms with van der Waals surface area (Å²) < 4.78 is 7.73. The average Bonchev–Trinajstić information content (AvgIpc) is 3.10. The first-order valence-corrected chi connectivity index (χ1v) is 8.27. The third-order valence-electron chi connectivity index (χ3n) is 4.82. The zero-order valence-electron chi connectivity index (χ0n) is 13.1. The molecule has 4 rings (SSSR count). The zero-order chi connectivity index (χ0) is 15.8. The molecular weight excluding hydrogens is 294 g/mol. The fourth-order valence-corrected chi connectivity index (χ4v) is 3.40. The van der Waals surface area contributed by atoms with E-state index in [0.29, 0.717) is 5.56 Å². The van der Waals surface area contributed by atoms with Crippen molar-refractivity contribution in [2.75, 3.05) is 19.7 Å². The Morgan fingerprint density at radius 2 is 2.13 bits per heavy atom. The van der Waals surface area contributed by atoms with Gasteiger partial charge in [-0.1, -0.05) is 0 Å². The molecule has 0 spiro atoms. The van der Waals surface area contributed by atoms with Gasteiger partial charge in [-0.25, -0.2) is 9.78 Å². The molecule has 1 N–H and O–H groups in total. The maximum Gasteiger partial charge on any atom is 0.335 e. The molecule has 2 aliphatic rings. The minimum Gasteiger partial charge on any atom is -0.478 e. The minimum atomic E-state index is -0.902. The Morgan fingerprint density at radius 1 is 1.35 bits per heavy atom. The molecule has 6 heteroatoms. The predicted molar refractivity (Wildman–Crippen MR) is 85.6 cm³/mol. The summed E-state index contributed by atoms with van der Waals surface area (Å²) in [5.74, 6) is 0.112. The Labute approximate surface area is 134 Å². The van der Waals surface area contributed by atoms with Crippen LogP contribution < -0.4 is 0 Å². The van der Waals surface area contributed by atoms with Crippen molar-refractivity contribution in [1.82, 2.24) is 14.5 Å². The highest BCUT2D eigenvalue weighted by Crippen LogP contribution is 2.24. The molecule has 2 aliphatic heterocycles. The van der Waals surface area contributed by atoms with Crippen molar-refractivity contribution in [3.8, 4) is 0 Å². The van der Waals surface area contributed by atoms with Gasteiger partial charge in [-0.2, -0.15) is 0 Å². The van der Waals surface area contributed by atoms with E-state index in [0.717, 1.165) is 56.1 Å². The normalized spacial score (nSPS) is 21.7. The molecule has 2 aromatic rings. The number of aromatic nitrogens is 2. The van der Waals surface area contributed by atoms with Crippen molar-refractivity contribution in [3.63, 3.8) is 0 Å². The van der Waals surface area contributed by atoms with Crippen LogP contribution in [0.1, 0.15) is 35.4 Å². The van der Waals surface area contributed by atoms with Gasteiger partial charge in [-0.05, 0) is 50.6 Å².